The fourth-order valence-electron chi connectivity index (χ4n) is 3.16. The van der Waals surface area contributed by atoms with Crippen LogP contribution in [0.15, 0.2) is 53.4 Å². The normalized spacial score (nSPS) is 19.0. The van der Waals surface area contributed by atoms with E-state index in [0.717, 1.165) is 12.1 Å². The average molecular weight is 489 g/mol. The van der Waals surface area contributed by atoms with Crippen molar-refractivity contribution in [3.63, 3.8) is 0 Å². The maximum Gasteiger partial charge on any atom is 0.573 e. The number of sulfone groups is 1. The second-order valence-electron chi connectivity index (χ2n) is 7.63. The lowest BCUT2D eigenvalue weighted by Crippen LogP contribution is -2.46. The van der Waals surface area contributed by atoms with Crippen LogP contribution in [-0.2, 0) is 24.1 Å². The molecule has 0 radical (unpaired) electrons. The number of carbonyl (C=O) groups is 1. The highest BCUT2D eigenvalue weighted by atomic mass is 32.2. The Morgan fingerprint density at radius 1 is 1.09 bits per heavy atom. The van der Waals surface area contributed by atoms with Crippen molar-refractivity contribution in [1.82, 2.24) is 5.32 Å². The first kappa shape index (κ1) is 24.8. The lowest BCUT2D eigenvalue weighted by molar-refractivity contribution is -0.274. The number of alkyl halides is 3. The second kappa shape index (κ2) is 9.57. The average Bonchev–Trinajstić information content (AvgIpc) is 3.08. The molecule has 8 nitrogen and oxygen atoms in total. The Morgan fingerprint density at radius 2 is 1.64 bits per heavy atom. The van der Waals surface area contributed by atoms with Gasteiger partial charge in [-0.2, -0.15) is 0 Å². The molecule has 0 spiro atoms. The Morgan fingerprint density at radius 3 is 2.12 bits per heavy atom. The van der Waals surface area contributed by atoms with Crippen LogP contribution in [-0.4, -0.2) is 51.5 Å². The lowest BCUT2D eigenvalue weighted by atomic mass is 10.2. The van der Waals surface area contributed by atoms with E-state index < -0.39 is 45.6 Å². The van der Waals surface area contributed by atoms with Crippen molar-refractivity contribution in [1.29, 1.82) is 0 Å². The molecule has 1 aliphatic rings. The highest BCUT2D eigenvalue weighted by Crippen LogP contribution is 2.29. The summed E-state index contributed by atoms with van der Waals surface area (Å²) >= 11 is 0. The van der Waals surface area contributed by atoms with E-state index in [1.807, 2.05) is 0 Å². The number of halogens is 3. The number of nitrogens with one attached hydrogen (secondary N) is 1. The van der Waals surface area contributed by atoms with E-state index in [-0.39, 0.29) is 23.0 Å². The van der Waals surface area contributed by atoms with Gasteiger partial charge in [-0.3, -0.25) is 4.79 Å². The van der Waals surface area contributed by atoms with Gasteiger partial charge in [-0.15, -0.1) is 13.2 Å². The molecule has 1 heterocycles. The molecule has 0 unspecified atom stereocenters. The molecule has 1 fully saturated rings. The van der Waals surface area contributed by atoms with Crippen LogP contribution >= 0.6 is 0 Å². The minimum atomic E-state index is -4.79. The zero-order chi connectivity index (χ0) is 24.3. The van der Waals surface area contributed by atoms with Gasteiger partial charge in [0, 0.05) is 0 Å². The molecule has 1 saturated heterocycles. The van der Waals surface area contributed by atoms with Gasteiger partial charge in [-0.25, -0.2) is 8.42 Å². The van der Waals surface area contributed by atoms with Gasteiger partial charge in [0.05, 0.1) is 23.3 Å². The van der Waals surface area contributed by atoms with Gasteiger partial charge in [-0.1, -0.05) is 0 Å². The van der Waals surface area contributed by atoms with Crippen molar-refractivity contribution in [2.45, 2.75) is 43.0 Å². The van der Waals surface area contributed by atoms with E-state index in [0.29, 0.717) is 6.41 Å². The summed E-state index contributed by atoms with van der Waals surface area (Å²) in [6, 6.07) is 9.43. The Hall–Kier alpha value is -2.83. The molecule has 2 aromatic carbocycles. The van der Waals surface area contributed by atoms with Crippen LogP contribution in [0.2, 0.25) is 0 Å². The number of rotatable bonds is 9. The van der Waals surface area contributed by atoms with Crippen molar-refractivity contribution < 1.29 is 45.3 Å². The summed E-state index contributed by atoms with van der Waals surface area (Å²) in [6.07, 6.45) is -5.01. The Labute approximate surface area is 188 Å². The van der Waals surface area contributed by atoms with Gasteiger partial charge < -0.3 is 24.3 Å². The fourth-order valence-corrected chi connectivity index (χ4v) is 4.68. The van der Waals surface area contributed by atoms with Crippen molar-refractivity contribution in [2.24, 2.45) is 0 Å². The highest BCUT2D eigenvalue weighted by molar-refractivity contribution is 7.91. The molecule has 2 atom stereocenters. The van der Waals surface area contributed by atoms with E-state index in [2.05, 4.69) is 10.1 Å². The summed E-state index contributed by atoms with van der Waals surface area (Å²) in [5.74, 6) is -1.18. The fraction of sp³-hybridized carbons (Fsp3) is 0.381. The summed E-state index contributed by atoms with van der Waals surface area (Å²) in [5, 5.41) is 2.48. The van der Waals surface area contributed by atoms with Crippen LogP contribution in [0.3, 0.4) is 0 Å². The zero-order valence-electron chi connectivity index (χ0n) is 17.7. The number of carbonyl (C=O) groups excluding carboxylic acids is 1. The molecule has 3 rings (SSSR count). The van der Waals surface area contributed by atoms with Crippen LogP contribution < -0.4 is 14.8 Å². The van der Waals surface area contributed by atoms with Crippen LogP contribution in [0.5, 0.6) is 17.2 Å². The van der Waals surface area contributed by atoms with E-state index >= 15 is 0 Å². The molecule has 0 bridgehead atoms. The lowest BCUT2D eigenvalue weighted by Gasteiger charge is -2.23. The summed E-state index contributed by atoms with van der Waals surface area (Å²) in [7, 11) is -3.80. The van der Waals surface area contributed by atoms with Gasteiger partial charge in [0.1, 0.15) is 23.4 Å². The molecule has 33 heavy (non-hydrogen) atoms. The predicted octanol–water partition coefficient (Wildman–Crippen LogP) is 3.42. The summed E-state index contributed by atoms with van der Waals surface area (Å²) in [6.45, 7) is 3.51. The van der Waals surface area contributed by atoms with E-state index in [1.54, 1.807) is 13.8 Å². The monoisotopic (exact) mass is 489 g/mol. The smallest absolute Gasteiger partial charge is 0.457 e. The summed E-state index contributed by atoms with van der Waals surface area (Å²) in [4.78, 5) is 11.0. The number of hydrogen-bond donors (Lipinski definition) is 1. The standard InChI is InChI=1S/C21H22F3NO7S/c1-20(2)29-11-19(32-20)18(25-13-26)12-33(27,28)17-9-7-15(8-10-17)30-14-3-5-16(6-4-14)31-21(22,23)24/h3-10,13,18-19H,11-12H2,1-2H3,(H,25,26)/t18-,19-/m1/s1. The third-order valence-electron chi connectivity index (χ3n) is 4.64. The van der Waals surface area contributed by atoms with Crippen LogP contribution in [0.25, 0.3) is 0 Å². The molecule has 0 saturated carbocycles. The van der Waals surface area contributed by atoms with Crippen LogP contribution in [0.1, 0.15) is 13.8 Å². The Kier molecular flexibility index (Phi) is 7.20. The molecule has 0 aliphatic carbocycles. The maximum absolute atomic E-state index is 12.9. The van der Waals surface area contributed by atoms with E-state index in [4.69, 9.17) is 14.2 Å². The van der Waals surface area contributed by atoms with Gasteiger partial charge in [0.15, 0.2) is 15.6 Å². The molecule has 1 aliphatic heterocycles. The molecule has 1 N–H and O–H groups in total. The highest BCUT2D eigenvalue weighted by Gasteiger charge is 2.39. The van der Waals surface area contributed by atoms with Gasteiger partial charge in [0.2, 0.25) is 6.41 Å². The van der Waals surface area contributed by atoms with Crippen LogP contribution in [0.4, 0.5) is 13.2 Å². The Bertz CT molecular complexity index is 1050. The minimum Gasteiger partial charge on any atom is -0.457 e. The van der Waals surface area contributed by atoms with E-state index in [9.17, 15) is 26.4 Å². The molecule has 12 heteroatoms. The second-order valence-corrected chi connectivity index (χ2v) is 9.67. The van der Waals surface area contributed by atoms with Gasteiger partial charge >= 0.3 is 6.36 Å². The quantitative estimate of drug-likeness (QED) is 0.539. The van der Waals surface area contributed by atoms with Crippen molar-refractivity contribution >= 4 is 16.2 Å². The zero-order valence-corrected chi connectivity index (χ0v) is 18.5. The summed E-state index contributed by atoms with van der Waals surface area (Å²) in [5.41, 5.74) is 0. The molecule has 1 amide bonds. The van der Waals surface area contributed by atoms with Gasteiger partial charge in [0.25, 0.3) is 0 Å². The van der Waals surface area contributed by atoms with Gasteiger partial charge in [-0.05, 0) is 62.4 Å². The summed E-state index contributed by atoms with van der Waals surface area (Å²) < 4.78 is 82.8. The van der Waals surface area contributed by atoms with Crippen LogP contribution in [0, 0.1) is 0 Å². The first-order chi connectivity index (χ1) is 15.4. The largest absolute Gasteiger partial charge is 0.573 e. The molecule has 180 valence electrons. The predicted molar refractivity (Wildman–Crippen MR) is 110 cm³/mol. The maximum atomic E-state index is 12.9. The molecule has 0 aromatic heterocycles. The topological polar surface area (TPSA) is 100 Å². The third kappa shape index (κ3) is 7.07. The van der Waals surface area contributed by atoms with Crippen molar-refractivity contribution in [3.8, 4) is 17.2 Å². The minimum absolute atomic E-state index is 0.000324. The first-order valence-corrected chi connectivity index (χ1v) is 11.4. The first-order valence-electron chi connectivity index (χ1n) is 9.75. The SMILES string of the molecule is CC1(C)OC[C@H]([C@@H](CS(=O)(=O)c2ccc(Oc3ccc(OC(F)(F)F)cc3)cc2)NC=O)O1. The Balaban J connectivity index is 1.66. The number of benzene rings is 2. The number of ether oxygens (including phenoxy) is 4. The molecular weight excluding hydrogens is 467 g/mol. The number of hydrogen-bond acceptors (Lipinski definition) is 7. The van der Waals surface area contributed by atoms with Crippen molar-refractivity contribution in [2.75, 3.05) is 12.4 Å². The van der Waals surface area contributed by atoms with E-state index in [1.165, 1.54) is 36.4 Å². The molecular formula is C21H22F3NO7S. The molecule has 2 aromatic rings. The third-order valence-corrected chi connectivity index (χ3v) is 6.42. The van der Waals surface area contributed by atoms with Crippen molar-refractivity contribution in [3.05, 3.63) is 48.5 Å². The number of amides is 1.